The Balaban J connectivity index is 2.10. The Morgan fingerprint density at radius 2 is 1.69 bits per heavy atom. The van der Waals surface area contributed by atoms with Gasteiger partial charge in [0.25, 0.3) is 5.91 Å². The van der Waals surface area contributed by atoms with Gasteiger partial charge in [0.15, 0.2) is 6.61 Å². The molecule has 2 N–H and O–H groups in total. The predicted molar refractivity (Wildman–Crippen MR) is 97.9 cm³/mol. The number of ether oxygens (including phenoxy) is 2. The third kappa shape index (κ3) is 4.99. The minimum atomic E-state index is -1.04. The maximum Gasteiger partial charge on any atom is 0.341 e. The van der Waals surface area contributed by atoms with E-state index < -0.39 is 12.6 Å². The first-order valence-corrected chi connectivity index (χ1v) is 8.18. The van der Waals surface area contributed by atoms with Crippen LogP contribution in [0.3, 0.4) is 0 Å². The van der Waals surface area contributed by atoms with Crippen LogP contribution in [0.1, 0.15) is 32.6 Å². The van der Waals surface area contributed by atoms with Crippen molar-refractivity contribution in [1.82, 2.24) is 5.32 Å². The summed E-state index contributed by atoms with van der Waals surface area (Å²) in [5.74, 6) is -0.00565. The van der Waals surface area contributed by atoms with Gasteiger partial charge in [-0.3, -0.25) is 4.79 Å². The molecule has 0 fully saturated rings. The van der Waals surface area contributed by atoms with Gasteiger partial charge in [-0.15, -0.1) is 0 Å². The largest absolute Gasteiger partial charge is 0.497 e. The molecule has 2 rings (SSSR count). The summed E-state index contributed by atoms with van der Waals surface area (Å²) >= 11 is 0. The summed E-state index contributed by atoms with van der Waals surface area (Å²) in [6.07, 6.45) is 0. The molecule has 0 aliphatic rings. The van der Waals surface area contributed by atoms with Gasteiger partial charge in [-0.25, -0.2) is 4.79 Å². The zero-order valence-corrected chi connectivity index (χ0v) is 15.4. The van der Waals surface area contributed by atoms with E-state index in [9.17, 15) is 9.59 Å². The fourth-order valence-electron chi connectivity index (χ4n) is 2.77. The molecule has 0 radical (unpaired) electrons. The lowest BCUT2D eigenvalue weighted by atomic mass is 10.0. The van der Waals surface area contributed by atoms with Crippen LogP contribution >= 0.6 is 0 Å². The maximum absolute atomic E-state index is 12.5. The molecule has 26 heavy (non-hydrogen) atoms. The summed E-state index contributed by atoms with van der Waals surface area (Å²) in [5, 5.41) is 11.6. The van der Waals surface area contributed by atoms with Gasteiger partial charge >= 0.3 is 5.97 Å². The number of nitrogens with one attached hydrogen (secondary N) is 1. The minimum absolute atomic E-state index is 0.207. The monoisotopic (exact) mass is 357 g/mol. The normalized spacial score (nSPS) is 10.3. The molecule has 0 bridgehead atoms. The summed E-state index contributed by atoms with van der Waals surface area (Å²) < 4.78 is 10.5. The van der Waals surface area contributed by atoms with E-state index in [0.29, 0.717) is 29.0 Å². The molecule has 0 spiro atoms. The van der Waals surface area contributed by atoms with E-state index in [-0.39, 0.29) is 5.91 Å². The van der Waals surface area contributed by atoms with Gasteiger partial charge in [0, 0.05) is 12.1 Å². The Bertz CT molecular complexity index is 806. The fraction of sp³-hybridized carbons (Fsp3) is 0.300. The summed E-state index contributed by atoms with van der Waals surface area (Å²) in [4.78, 5) is 23.1. The van der Waals surface area contributed by atoms with Gasteiger partial charge in [-0.1, -0.05) is 6.07 Å². The number of benzene rings is 2. The second kappa shape index (κ2) is 8.38. The van der Waals surface area contributed by atoms with E-state index in [0.717, 1.165) is 16.9 Å². The Kier molecular flexibility index (Phi) is 6.22. The van der Waals surface area contributed by atoms with Crippen LogP contribution in [0.25, 0.3) is 0 Å². The zero-order valence-electron chi connectivity index (χ0n) is 15.4. The smallest absolute Gasteiger partial charge is 0.341 e. The van der Waals surface area contributed by atoms with Crippen molar-refractivity contribution in [2.45, 2.75) is 27.3 Å². The first kappa shape index (κ1) is 19.3. The third-order valence-electron chi connectivity index (χ3n) is 3.86. The Labute approximate surface area is 152 Å². The zero-order chi connectivity index (χ0) is 19.3. The van der Waals surface area contributed by atoms with E-state index in [1.807, 2.05) is 25.1 Å². The molecule has 6 nitrogen and oxygen atoms in total. The maximum atomic E-state index is 12.5. The molecule has 0 unspecified atom stereocenters. The van der Waals surface area contributed by atoms with Crippen LogP contribution in [0.2, 0.25) is 0 Å². The number of hydrogen-bond donors (Lipinski definition) is 2. The van der Waals surface area contributed by atoms with Crippen LogP contribution in [0, 0.1) is 20.8 Å². The third-order valence-corrected chi connectivity index (χ3v) is 3.86. The number of methoxy groups -OCH3 is 1. The number of carboxylic acids is 1. The summed E-state index contributed by atoms with van der Waals surface area (Å²) in [6, 6.07) is 9.18. The molecule has 0 aromatic heterocycles. The molecule has 0 saturated carbocycles. The van der Waals surface area contributed by atoms with Crippen molar-refractivity contribution in [2.75, 3.05) is 13.7 Å². The van der Waals surface area contributed by atoms with Gasteiger partial charge in [-0.05, 0) is 67.3 Å². The van der Waals surface area contributed by atoms with E-state index >= 15 is 0 Å². The lowest BCUT2D eigenvalue weighted by molar-refractivity contribution is -0.139. The van der Waals surface area contributed by atoms with Gasteiger partial charge in [0.05, 0.1) is 7.11 Å². The highest BCUT2D eigenvalue weighted by Gasteiger charge is 2.13. The van der Waals surface area contributed by atoms with Crippen LogP contribution in [0.4, 0.5) is 0 Å². The van der Waals surface area contributed by atoms with E-state index in [1.54, 1.807) is 33.1 Å². The van der Waals surface area contributed by atoms with Crippen LogP contribution in [-0.2, 0) is 11.3 Å². The van der Waals surface area contributed by atoms with Crippen LogP contribution in [-0.4, -0.2) is 30.7 Å². The van der Waals surface area contributed by atoms with Crippen molar-refractivity contribution in [1.29, 1.82) is 0 Å². The number of carbonyl (C=O) groups excluding carboxylic acids is 1. The second-order valence-electron chi connectivity index (χ2n) is 6.16. The molecule has 1 amide bonds. The molecule has 0 heterocycles. The van der Waals surface area contributed by atoms with Gasteiger partial charge in [-0.2, -0.15) is 0 Å². The fourth-order valence-corrected chi connectivity index (χ4v) is 2.77. The molecule has 2 aromatic carbocycles. The summed E-state index contributed by atoms with van der Waals surface area (Å²) in [7, 11) is 1.61. The van der Waals surface area contributed by atoms with Gasteiger partial charge < -0.3 is 19.9 Å². The highest BCUT2D eigenvalue weighted by molar-refractivity contribution is 5.94. The lowest BCUT2D eigenvalue weighted by Gasteiger charge is -2.13. The van der Waals surface area contributed by atoms with Crippen molar-refractivity contribution >= 4 is 11.9 Å². The quantitative estimate of drug-likeness (QED) is 0.796. The molecule has 6 heteroatoms. The number of aryl methyl sites for hydroxylation is 3. The molecule has 0 aliphatic carbocycles. The van der Waals surface area contributed by atoms with E-state index in [4.69, 9.17) is 14.6 Å². The second-order valence-corrected chi connectivity index (χ2v) is 6.16. The highest BCUT2D eigenvalue weighted by Crippen LogP contribution is 2.25. The Morgan fingerprint density at radius 1 is 1.04 bits per heavy atom. The SMILES string of the molecule is COc1cc(C)cc(CNC(=O)c2cc(C)c(OCC(=O)O)c(C)c2)c1. The van der Waals surface area contributed by atoms with Crippen LogP contribution in [0.15, 0.2) is 30.3 Å². The standard InChI is InChI=1S/C20H23NO5/c1-12-5-15(9-17(6-12)25-4)10-21-20(24)16-7-13(2)19(14(3)8-16)26-11-18(22)23/h5-9H,10-11H2,1-4H3,(H,21,24)(H,22,23). The lowest BCUT2D eigenvalue weighted by Crippen LogP contribution is -2.23. The van der Waals surface area contributed by atoms with Crippen molar-refractivity contribution < 1.29 is 24.2 Å². The number of amides is 1. The molecule has 0 aliphatic heterocycles. The molecule has 138 valence electrons. The molecular weight excluding hydrogens is 334 g/mol. The van der Waals surface area contributed by atoms with Crippen molar-refractivity contribution in [3.8, 4) is 11.5 Å². The number of carbonyl (C=O) groups is 2. The Morgan fingerprint density at radius 3 is 2.27 bits per heavy atom. The highest BCUT2D eigenvalue weighted by atomic mass is 16.5. The summed E-state index contributed by atoms with van der Waals surface area (Å²) in [6.45, 7) is 5.50. The molecular formula is C20H23NO5. The number of aliphatic carboxylic acids is 1. The van der Waals surface area contributed by atoms with Gasteiger partial charge in [0.2, 0.25) is 0 Å². The first-order valence-electron chi connectivity index (χ1n) is 8.18. The molecule has 0 saturated heterocycles. The summed E-state index contributed by atoms with van der Waals surface area (Å²) in [5.41, 5.74) is 3.94. The first-order chi connectivity index (χ1) is 12.3. The topological polar surface area (TPSA) is 84.9 Å². The molecule has 2 aromatic rings. The van der Waals surface area contributed by atoms with Crippen molar-refractivity contribution in [2.24, 2.45) is 0 Å². The molecule has 0 atom stereocenters. The van der Waals surface area contributed by atoms with E-state index in [1.165, 1.54) is 0 Å². The van der Waals surface area contributed by atoms with Crippen molar-refractivity contribution in [3.63, 3.8) is 0 Å². The van der Waals surface area contributed by atoms with Crippen LogP contribution < -0.4 is 14.8 Å². The van der Waals surface area contributed by atoms with Crippen LogP contribution in [0.5, 0.6) is 11.5 Å². The average molecular weight is 357 g/mol. The average Bonchev–Trinajstić information content (AvgIpc) is 2.58. The number of hydrogen-bond acceptors (Lipinski definition) is 4. The number of carboxylic acid groups (broad SMARTS) is 1. The van der Waals surface area contributed by atoms with E-state index in [2.05, 4.69) is 5.32 Å². The van der Waals surface area contributed by atoms with Crippen molar-refractivity contribution in [3.05, 3.63) is 58.1 Å². The Hall–Kier alpha value is -3.02. The predicted octanol–water partition coefficient (Wildman–Crippen LogP) is 3.01. The number of rotatable bonds is 7. The van der Waals surface area contributed by atoms with Gasteiger partial charge in [0.1, 0.15) is 11.5 Å². The minimum Gasteiger partial charge on any atom is -0.497 e.